The summed E-state index contributed by atoms with van der Waals surface area (Å²) < 4.78 is 0. The van der Waals surface area contributed by atoms with Crippen LogP contribution in [0.2, 0.25) is 5.02 Å². The number of aldehydes is 1. The molecule has 2 heteroatoms. The summed E-state index contributed by atoms with van der Waals surface area (Å²) in [6, 6.07) is 5.70. The van der Waals surface area contributed by atoms with E-state index in [1.165, 1.54) is 11.6 Å². The van der Waals surface area contributed by atoms with Crippen LogP contribution < -0.4 is 0 Å². The third-order valence-electron chi connectivity index (χ3n) is 1.84. The number of allylic oxidation sites excluding steroid dienone is 1. The van der Waals surface area contributed by atoms with E-state index in [-0.39, 0.29) is 0 Å². The molecule has 0 aliphatic heterocycles. The summed E-state index contributed by atoms with van der Waals surface area (Å²) in [5.41, 5.74) is 2.21. The van der Waals surface area contributed by atoms with Gasteiger partial charge in [0.1, 0.15) is 6.29 Å². The molecule has 0 saturated heterocycles. The van der Waals surface area contributed by atoms with E-state index in [0.717, 1.165) is 18.3 Å². The highest BCUT2D eigenvalue weighted by molar-refractivity contribution is 6.30. The number of aryl methyl sites for hydroxylation is 1. The highest BCUT2D eigenvalue weighted by Gasteiger charge is 1.97. The van der Waals surface area contributed by atoms with E-state index < -0.39 is 0 Å². The van der Waals surface area contributed by atoms with Crippen molar-refractivity contribution in [2.24, 2.45) is 0 Å². The molecule has 1 rings (SSSR count). The van der Waals surface area contributed by atoms with E-state index in [1.54, 1.807) is 6.08 Å². The van der Waals surface area contributed by atoms with E-state index in [9.17, 15) is 4.79 Å². The lowest BCUT2D eigenvalue weighted by molar-refractivity contribution is -0.104. The molecule has 0 N–H and O–H groups in total. The molecule has 0 saturated carbocycles. The van der Waals surface area contributed by atoms with Crippen LogP contribution in [0.4, 0.5) is 0 Å². The van der Waals surface area contributed by atoms with Crippen molar-refractivity contribution in [1.82, 2.24) is 0 Å². The number of carbonyl (C=O) groups excluding carboxylic acids is 1. The predicted molar refractivity (Wildman–Crippen MR) is 55.9 cm³/mol. The minimum Gasteiger partial charge on any atom is -0.299 e. The number of benzene rings is 1. The zero-order valence-electron chi connectivity index (χ0n) is 7.46. The van der Waals surface area contributed by atoms with Gasteiger partial charge in [-0.05, 0) is 35.8 Å². The molecule has 0 aliphatic rings. The van der Waals surface area contributed by atoms with Gasteiger partial charge in [0.2, 0.25) is 0 Å². The Morgan fingerprint density at radius 1 is 1.46 bits per heavy atom. The number of carbonyl (C=O) groups is 1. The zero-order valence-corrected chi connectivity index (χ0v) is 8.21. The van der Waals surface area contributed by atoms with Gasteiger partial charge in [-0.15, -0.1) is 0 Å². The topological polar surface area (TPSA) is 17.1 Å². The molecule has 0 unspecified atom stereocenters. The van der Waals surface area contributed by atoms with Gasteiger partial charge in [-0.3, -0.25) is 4.79 Å². The van der Waals surface area contributed by atoms with E-state index in [1.807, 2.05) is 18.2 Å². The van der Waals surface area contributed by atoms with E-state index in [0.29, 0.717) is 5.02 Å². The van der Waals surface area contributed by atoms with Crippen molar-refractivity contribution in [2.75, 3.05) is 0 Å². The van der Waals surface area contributed by atoms with Crippen LogP contribution in [0.15, 0.2) is 24.3 Å². The highest BCUT2D eigenvalue weighted by atomic mass is 35.5. The summed E-state index contributed by atoms with van der Waals surface area (Å²) in [4.78, 5) is 10.1. The SMILES string of the molecule is CCc1ccc(Cl)cc1C=CC=O. The second kappa shape index (κ2) is 4.83. The molecule has 0 amide bonds. The first-order chi connectivity index (χ1) is 6.27. The zero-order chi connectivity index (χ0) is 9.68. The lowest BCUT2D eigenvalue weighted by Gasteiger charge is -2.02. The summed E-state index contributed by atoms with van der Waals surface area (Å²) in [7, 11) is 0. The molecule has 1 nitrogen and oxygen atoms in total. The fraction of sp³-hybridized carbons (Fsp3) is 0.182. The first-order valence-corrected chi connectivity index (χ1v) is 4.56. The monoisotopic (exact) mass is 194 g/mol. The maximum Gasteiger partial charge on any atom is 0.142 e. The van der Waals surface area contributed by atoms with Crippen molar-refractivity contribution in [2.45, 2.75) is 13.3 Å². The predicted octanol–water partition coefficient (Wildman–Crippen LogP) is 3.11. The molecule has 1 aromatic rings. The van der Waals surface area contributed by atoms with Gasteiger partial charge in [0.25, 0.3) is 0 Å². The minimum atomic E-state index is 0.697. The van der Waals surface area contributed by atoms with Crippen LogP contribution in [-0.2, 0) is 11.2 Å². The number of rotatable bonds is 3. The Bertz CT molecular complexity index is 329. The second-order valence-corrected chi connectivity index (χ2v) is 3.13. The Morgan fingerprint density at radius 2 is 2.23 bits per heavy atom. The van der Waals surface area contributed by atoms with Crippen molar-refractivity contribution in [3.05, 3.63) is 40.4 Å². The average molecular weight is 195 g/mol. The molecule has 0 spiro atoms. The Labute approximate surface area is 83.0 Å². The Kier molecular flexibility index (Phi) is 3.71. The molecular formula is C11H11ClO. The summed E-state index contributed by atoms with van der Waals surface area (Å²) >= 11 is 5.83. The standard InChI is InChI=1S/C11H11ClO/c1-2-9-5-6-11(12)8-10(9)4-3-7-13/h3-8H,2H2,1H3. The summed E-state index contributed by atoms with van der Waals surface area (Å²) in [5.74, 6) is 0. The molecular weight excluding hydrogens is 184 g/mol. The molecule has 0 heterocycles. The Morgan fingerprint density at radius 3 is 2.85 bits per heavy atom. The number of hydrogen-bond donors (Lipinski definition) is 0. The van der Waals surface area contributed by atoms with Gasteiger partial charge in [-0.25, -0.2) is 0 Å². The van der Waals surface area contributed by atoms with Gasteiger partial charge in [-0.2, -0.15) is 0 Å². The van der Waals surface area contributed by atoms with Gasteiger partial charge in [-0.1, -0.05) is 30.7 Å². The van der Waals surface area contributed by atoms with Crippen molar-refractivity contribution >= 4 is 24.0 Å². The van der Waals surface area contributed by atoms with Crippen LogP contribution in [0.1, 0.15) is 18.1 Å². The van der Waals surface area contributed by atoms with Crippen LogP contribution in [0, 0.1) is 0 Å². The normalized spacial score (nSPS) is 10.6. The summed E-state index contributed by atoms with van der Waals surface area (Å²) in [6.45, 7) is 2.07. The van der Waals surface area contributed by atoms with Crippen LogP contribution in [0.5, 0.6) is 0 Å². The quantitative estimate of drug-likeness (QED) is 0.534. The molecule has 0 aliphatic carbocycles. The van der Waals surface area contributed by atoms with Gasteiger partial charge in [0.05, 0.1) is 0 Å². The maximum absolute atomic E-state index is 10.1. The van der Waals surface area contributed by atoms with Crippen molar-refractivity contribution in [1.29, 1.82) is 0 Å². The van der Waals surface area contributed by atoms with E-state index >= 15 is 0 Å². The van der Waals surface area contributed by atoms with Gasteiger partial charge >= 0.3 is 0 Å². The fourth-order valence-corrected chi connectivity index (χ4v) is 1.37. The largest absolute Gasteiger partial charge is 0.299 e. The molecule has 0 bridgehead atoms. The highest BCUT2D eigenvalue weighted by Crippen LogP contribution is 2.17. The molecule has 0 radical (unpaired) electrons. The van der Waals surface area contributed by atoms with E-state index in [4.69, 9.17) is 11.6 Å². The summed E-state index contributed by atoms with van der Waals surface area (Å²) in [6.07, 6.45) is 4.96. The lowest BCUT2D eigenvalue weighted by Crippen LogP contribution is -1.85. The lowest BCUT2D eigenvalue weighted by atomic mass is 10.1. The molecule has 0 fully saturated rings. The van der Waals surface area contributed by atoms with Crippen molar-refractivity contribution in [3.8, 4) is 0 Å². The Hall–Kier alpha value is -1.08. The smallest absolute Gasteiger partial charge is 0.142 e. The van der Waals surface area contributed by atoms with E-state index in [2.05, 4.69) is 6.92 Å². The van der Waals surface area contributed by atoms with Crippen molar-refractivity contribution in [3.63, 3.8) is 0 Å². The Balaban J connectivity index is 3.07. The first kappa shape index (κ1) is 10.0. The van der Waals surface area contributed by atoms with Crippen LogP contribution >= 0.6 is 11.6 Å². The van der Waals surface area contributed by atoms with Crippen molar-refractivity contribution < 1.29 is 4.79 Å². The number of halogens is 1. The van der Waals surface area contributed by atoms with Crippen LogP contribution in [0.25, 0.3) is 6.08 Å². The third kappa shape index (κ3) is 2.71. The van der Waals surface area contributed by atoms with Crippen LogP contribution in [0.3, 0.4) is 0 Å². The van der Waals surface area contributed by atoms with Gasteiger partial charge < -0.3 is 0 Å². The number of hydrogen-bond acceptors (Lipinski definition) is 1. The molecule has 13 heavy (non-hydrogen) atoms. The second-order valence-electron chi connectivity index (χ2n) is 2.69. The molecule has 0 aromatic heterocycles. The fourth-order valence-electron chi connectivity index (χ4n) is 1.19. The molecule has 68 valence electrons. The third-order valence-corrected chi connectivity index (χ3v) is 2.08. The average Bonchev–Trinajstić information content (AvgIpc) is 2.15. The van der Waals surface area contributed by atoms with Gasteiger partial charge in [0, 0.05) is 5.02 Å². The summed E-state index contributed by atoms with van der Waals surface area (Å²) in [5, 5.41) is 0.697. The van der Waals surface area contributed by atoms with Crippen LogP contribution in [-0.4, -0.2) is 6.29 Å². The van der Waals surface area contributed by atoms with Gasteiger partial charge in [0.15, 0.2) is 0 Å². The molecule has 1 aromatic carbocycles. The maximum atomic E-state index is 10.1. The minimum absolute atomic E-state index is 0.697. The first-order valence-electron chi connectivity index (χ1n) is 4.18. The molecule has 0 atom stereocenters.